The van der Waals surface area contributed by atoms with Crippen LogP contribution in [0.2, 0.25) is 6.32 Å². The van der Waals surface area contributed by atoms with E-state index in [9.17, 15) is 10.0 Å². The van der Waals surface area contributed by atoms with Gasteiger partial charge in [0.1, 0.15) is 5.75 Å². The summed E-state index contributed by atoms with van der Waals surface area (Å²) >= 11 is 0. The van der Waals surface area contributed by atoms with Crippen LogP contribution in [-0.2, 0) is 11.2 Å². The molecule has 0 fully saturated rings. The number of hydrogen-bond acceptors (Lipinski definition) is 6. The highest BCUT2D eigenvalue weighted by Crippen LogP contribution is 2.14. The number of unbranched alkanes of at least 4 members (excludes halogenated alkanes) is 1. The van der Waals surface area contributed by atoms with Crippen LogP contribution in [0.1, 0.15) is 18.4 Å². The summed E-state index contributed by atoms with van der Waals surface area (Å²) in [6.45, 7) is 0.0277. The van der Waals surface area contributed by atoms with Crippen LogP contribution in [0.3, 0.4) is 0 Å². The van der Waals surface area contributed by atoms with Crippen molar-refractivity contribution in [2.75, 3.05) is 13.9 Å². The normalized spacial score (nSPS) is 10.4. The van der Waals surface area contributed by atoms with Gasteiger partial charge in [0.15, 0.2) is 6.79 Å². The second kappa shape index (κ2) is 8.99. The second-order valence-corrected chi connectivity index (χ2v) is 4.48. The minimum absolute atomic E-state index is 0.0277. The molecule has 20 heavy (non-hydrogen) atoms. The monoisotopic (exact) mass is 282 g/mol. The Balaban J connectivity index is 2.73. The van der Waals surface area contributed by atoms with Gasteiger partial charge in [-0.05, 0) is 30.8 Å². The predicted octanol–water partition coefficient (Wildman–Crippen LogP) is -0.855. The molecule has 0 aliphatic heterocycles. The first-order valence-corrected chi connectivity index (χ1v) is 6.52. The molecule has 6 nitrogen and oxygen atoms in total. The molecule has 0 aliphatic carbocycles. The Morgan fingerprint density at radius 3 is 2.45 bits per heavy atom. The summed E-state index contributed by atoms with van der Waals surface area (Å²) in [6.07, 6.45) is 2.26. The molecule has 0 saturated heterocycles. The molecule has 0 unspecified atom stereocenters. The highest BCUT2D eigenvalue weighted by atomic mass is 16.7. The molecular weight excluding hydrogens is 262 g/mol. The van der Waals surface area contributed by atoms with Crippen molar-refractivity contribution in [3.8, 4) is 5.75 Å². The van der Waals surface area contributed by atoms with Crippen LogP contribution < -0.4 is 10.2 Å². The number of benzene rings is 1. The summed E-state index contributed by atoms with van der Waals surface area (Å²) in [4.78, 5) is 0. The molecule has 8 heteroatoms. The Morgan fingerprint density at radius 1 is 1.10 bits per heavy atom. The van der Waals surface area contributed by atoms with Crippen LogP contribution >= 0.6 is 0 Å². The zero-order valence-corrected chi connectivity index (χ0v) is 11.5. The van der Waals surface area contributed by atoms with E-state index in [-0.39, 0.29) is 6.79 Å². The van der Waals surface area contributed by atoms with Gasteiger partial charge in [-0.3, -0.25) is 0 Å². The lowest BCUT2D eigenvalue weighted by molar-refractivity contribution is 0.0517. The minimum Gasteiger partial charge on any atom is -0.468 e. The molecule has 0 aromatic heterocycles. The number of methoxy groups -OCH3 is 1. The molecule has 1 aromatic carbocycles. The third kappa shape index (κ3) is 5.52. The molecule has 4 N–H and O–H groups in total. The summed E-state index contributed by atoms with van der Waals surface area (Å²) in [7, 11) is -1.44. The molecule has 1 aromatic rings. The predicted molar refractivity (Wildman–Crippen MR) is 76.7 cm³/mol. The Hall–Kier alpha value is -1.05. The average Bonchev–Trinajstić information content (AvgIpc) is 2.40. The van der Waals surface area contributed by atoms with Crippen molar-refractivity contribution in [2.24, 2.45) is 0 Å². The third-order valence-electron chi connectivity index (χ3n) is 2.91. The van der Waals surface area contributed by atoms with Gasteiger partial charge in [0.2, 0.25) is 0 Å². The first-order valence-electron chi connectivity index (χ1n) is 6.52. The van der Waals surface area contributed by atoms with Gasteiger partial charge in [0, 0.05) is 12.6 Å². The topological polar surface area (TPSA) is 99.4 Å². The van der Waals surface area contributed by atoms with E-state index in [2.05, 4.69) is 0 Å². The Bertz CT molecular complexity index is 400. The fourth-order valence-corrected chi connectivity index (χ4v) is 1.99. The quantitative estimate of drug-likeness (QED) is 0.267. The molecular formula is C12H20B2O6. The van der Waals surface area contributed by atoms with E-state index in [0.29, 0.717) is 36.8 Å². The zero-order chi connectivity index (χ0) is 15.0. The molecule has 1 rings (SSSR count). The van der Waals surface area contributed by atoms with E-state index in [1.54, 1.807) is 18.2 Å². The molecule has 0 heterocycles. The maximum absolute atomic E-state index is 9.48. The van der Waals surface area contributed by atoms with Crippen molar-refractivity contribution >= 4 is 19.7 Å². The van der Waals surface area contributed by atoms with E-state index in [0.717, 1.165) is 5.56 Å². The Labute approximate surface area is 119 Å². The van der Waals surface area contributed by atoms with E-state index in [1.807, 2.05) is 0 Å². The van der Waals surface area contributed by atoms with E-state index in [4.69, 9.17) is 19.5 Å². The number of hydrogen-bond donors (Lipinski definition) is 4. The van der Waals surface area contributed by atoms with Gasteiger partial charge >= 0.3 is 14.2 Å². The van der Waals surface area contributed by atoms with Gasteiger partial charge in [0.25, 0.3) is 0 Å². The van der Waals surface area contributed by atoms with Gasteiger partial charge < -0.3 is 29.6 Å². The zero-order valence-electron chi connectivity index (χ0n) is 11.5. The van der Waals surface area contributed by atoms with Crippen LogP contribution in [-0.4, -0.2) is 48.2 Å². The maximum Gasteiger partial charge on any atom is 0.492 e. The lowest BCUT2D eigenvalue weighted by atomic mass is 9.74. The van der Waals surface area contributed by atoms with Crippen molar-refractivity contribution in [2.45, 2.75) is 25.6 Å². The van der Waals surface area contributed by atoms with Crippen molar-refractivity contribution < 1.29 is 29.6 Å². The summed E-state index contributed by atoms with van der Waals surface area (Å²) < 4.78 is 10.1. The van der Waals surface area contributed by atoms with Gasteiger partial charge in [0.05, 0.1) is 0 Å². The fourth-order valence-electron chi connectivity index (χ4n) is 1.99. The molecule has 0 spiro atoms. The minimum atomic E-state index is -1.62. The first-order chi connectivity index (χ1) is 9.56. The van der Waals surface area contributed by atoms with Crippen LogP contribution in [0.25, 0.3) is 0 Å². The average molecular weight is 282 g/mol. The molecule has 0 aliphatic rings. The summed E-state index contributed by atoms with van der Waals surface area (Å²) in [5.74, 6) is 0.376. The van der Waals surface area contributed by atoms with E-state index < -0.39 is 14.2 Å². The second-order valence-electron chi connectivity index (χ2n) is 4.48. The Morgan fingerprint density at radius 2 is 1.85 bits per heavy atom. The molecule has 0 saturated carbocycles. The first kappa shape index (κ1) is 17.0. The van der Waals surface area contributed by atoms with Crippen LogP contribution in [0.4, 0.5) is 0 Å². The summed E-state index contributed by atoms with van der Waals surface area (Å²) in [5, 5.41) is 36.5. The third-order valence-corrected chi connectivity index (χ3v) is 2.91. The van der Waals surface area contributed by atoms with E-state index >= 15 is 0 Å². The number of rotatable bonds is 9. The maximum atomic E-state index is 9.48. The smallest absolute Gasteiger partial charge is 0.468 e. The van der Waals surface area contributed by atoms with Crippen LogP contribution in [0.15, 0.2) is 18.2 Å². The van der Waals surface area contributed by atoms with Crippen LogP contribution in [0.5, 0.6) is 5.75 Å². The fraction of sp³-hybridized carbons (Fsp3) is 0.500. The van der Waals surface area contributed by atoms with Crippen molar-refractivity contribution in [1.29, 1.82) is 0 Å². The van der Waals surface area contributed by atoms with Gasteiger partial charge in [-0.25, -0.2) is 0 Å². The lowest BCUT2D eigenvalue weighted by Gasteiger charge is -2.14. The highest BCUT2D eigenvalue weighted by Gasteiger charge is 2.21. The SMILES string of the molecule is COCOc1cccc(CCCCB(O)O)c1B(O)O. The number of ether oxygens (including phenoxy) is 2. The van der Waals surface area contributed by atoms with Crippen LogP contribution in [0, 0.1) is 0 Å². The van der Waals surface area contributed by atoms with Gasteiger partial charge in [-0.15, -0.1) is 0 Å². The molecule has 0 amide bonds. The van der Waals surface area contributed by atoms with Gasteiger partial charge in [-0.2, -0.15) is 0 Å². The molecule has 0 bridgehead atoms. The largest absolute Gasteiger partial charge is 0.492 e. The molecule has 0 radical (unpaired) electrons. The van der Waals surface area contributed by atoms with Crippen molar-refractivity contribution in [3.05, 3.63) is 23.8 Å². The lowest BCUT2D eigenvalue weighted by Crippen LogP contribution is -2.35. The standard InChI is InChI=1S/C12H20B2O6/c1-19-9-20-11-7-4-6-10(12(11)14(17)18)5-2-3-8-13(15)16/h4,6-7,15-18H,2-3,5,8-9H2,1H3. The van der Waals surface area contributed by atoms with E-state index in [1.165, 1.54) is 7.11 Å². The highest BCUT2D eigenvalue weighted by molar-refractivity contribution is 6.60. The van der Waals surface area contributed by atoms with Crippen molar-refractivity contribution in [3.63, 3.8) is 0 Å². The Kier molecular flexibility index (Phi) is 7.64. The number of aryl methyl sites for hydroxylation is 1. The summed E-state index contributed by atoms with van der Waals surface area (Å²) in [6, 6.07) is 5.21. The molecule has 110 valence electrons. The summed E-state index contributed by atoms with van der Waals surface area (Å²) in [5.41, 5.74) is 1.09. The van der Waals surface area contributed by atoms with Crippen molar-refractivity contribution in [1.82, 2.24) is 0 Å². The van der Waals surface area contributed by atoms with Gasteiger partial charge in [-0.1, -0.05) is 18.6 Å². The molecule has 0 atom stereocenters.